The number of carbonyl (C=O) groups is 3. The van der Waals surface area contributed by atoms with Crippen LogP contribution >= 0.6 is 23.2 Å². The Bertz CT molecular complexity index is 1320. The van der Waals surface area contributed by atoms with E-state index in [2.05, 4.69) is 10.1 Å². The van der Waals surface area contributed by atoms with E-state index >= 15 is 0 Å². The van der Waals surface area contributed by atoms with Gasteiger partial charge in [0.25, 0.3) is 5.91 Å². The van der Waals surface area contributed by atoms with Crippen LogP contribution in [-0.4, -0.2) is 34.5 Å². The van der Waals surface area contributed by atoms with E-state index in [1.807, 2.05) is 30.5 Å². The van der Waals surface area contributed by atoms with Gasteiger partial charge in [0.1, 0.15) is 11.5 Å². The molecule has 3 heterocycles. The predicted octanol–water partition coefficient (Wildman–Crippen LogP) is 4.87. The monoisotopic (exact) mass is 487 g/mol. The number of urea groups is 1. The third kappa shape index (κ3) is 4.27. The highest BCUT2D eigenvalue weighted by atomic mass is 35.5. The minimum absolute atomic E-state index is 0.0105. The van der Waals surface area contributed by atoms with Gasteiger partial charge in [0, 0.05) is 16.4 Å². The van der Waals surface area contributed by atoms with Crippen molar-refractivity contribution in [3.05, 3.63) is 80.6 Å². The zero-order valence-corrected chi connectivity index (χ0v) is 19.5. The summed E-state index contributed by atoms with van der Waals surface area (Å²) >= 11 is 12.4. The molecule has 33 heavy (non-hydrogen) atoms. The first-order chi connectivity index (χ1) is 15.7. The van der Waals surface area contributed by atoms with Crippen molar-refractivity contribution in [2.45, 2.75) is 20.4 Å². The summed E-state index contributed by atoms with van der Waals surface area (Å²) in [5.74, 6) is -0.889. The average molecular weight is 488 g/mol. The highest BCUT2D eigenvalue weighted by molar-refractivity contribution is 6.35. The van der Waals surface area contributed by atoms with E-state index in [9.17, 15) is 14.4 Å². The molecule has 2 aromatic heterocycles. The first-order valence-electron chi connectivity index (χ1n) is 9.85. The number of nitrogens with zero attached hydrogens (tertiary/aromatic N) is 2. The molecule has 1 aliphatic rings. The van der Waals surface area contributed by atoms with Crippen molar-refractivity contribution in [1.82, 2.24) is 14.8 Å². The molecule has 3 amide bonds. The number of rotatable bonds is 5. The van der Waals surface area contributed by atoms with Crippen molar-refractivity contribution >= 4 is 47.2 Å². The fourth-order valence-electron chi connectivity index (χ4n) is 3.67. The molecule has 1 aromatic carbocycles. The lowest BCUT2D eigenvalue weighted by Crippen LogP contribution is -2.30. The molecule has 1 N–H and O–H groups in total. The molecule has 3 aromatic rings. The molecular weight excluding hydrogens is 469 g/mol. The van der Waals surface area contributed by atoms with Gasteiger partial charge in [0.2, 0.25) is 5.76 Å². The van der Waals surface area contributed by atoms with E-state index in [0.717, 1.165) is 27.5 Å². The van der Waals surface area contributed by atoms with Gasteiger partial charge in [-0.1, -0.05) is 23.2 Å². The lowest BCUT2D eigenvalue weighted by molar-refractivity contribution is -0.123. The van der Waals surface area contributed by atoms with Gasteiger partial charge in [-0.25, -0.2) is 9.59 Å². The summed E-state index contributed by atoms with van der Waals surface area (Å²) < 4.78 is 11.9. The van der Waals surface area contributed by atoms with Gasteiger partial charge in [-0.3, -0.25) is 9.69 Å². The van der Waals surface area contributed by atoms with Crippen LogP contribution in [0.4, 0.5) is 4.79 Å². The maximum atomic E-state index is 12.9. The Morgan fingerprint density at radius 2 is 1.91 bits per heavy atom. The molecule has 170 valence electrons. The fourth-order valence-corrected chi connectivity index (χ4v) is 4.16. The molecule has 1 aliphatic heterocycles. The zero-order valence-electron chi connectivity index (χ0n) is 17.9. The van der Waals surface area contributed by atoms with E-state index in [-0.39, 0.29) is 23.8 Å². The summed E-state index contributed by atoms with van der Waals surface area (Å²) in [5.41, 5.74) is 3.35. The van der Waals surface area contributed by atoms with Crippen molar-refractivity contribution < 1.29 is 23.5 Å². The molecule has 4 rings (SSSR count). The van der Waals surface area contributed by atoms with Gasteiger partial charge in [-0.05, 0) is 61.9 Å². The minimum Gasteiger partial charge on any atom is -0.463 e. The molecule has 0 bridgehead atoms. The summed E-state index contributed by atoms with van der Waals surface area (Å²) in [4.78, 5) is 37.9. The summed E-state index contributed by atoms with van der Waals surface area (Å²) in [7, 11) is 1.23. The van der Waals surface area contributed by atoms with E-state index in [4.69, 9.17) is 27.6 Å². The highest BCUT2D eigenvalue weighted by Gasteiger charge is 2.34. The Labute approximate surface area is 199 Å². The van der Waals surface area contributed by atoms with Gasteiger partial charge in [-0.15, -0.1) is 0 Å². The summed E-state index contributed by atoms with van der Waals surface area (Å²) in [6.45, 7) is 3.68. The van der Waals surface area contributed by atoms with Crippen molar-refractivity contribution in [2.75, 3.05) is 7.11 Å². The number of furan rings is 1. The molecule has 0 radical (unpaired) electrons. The molecule has 0 spiro atoms. The lowest BCUT2D eigenvalue weighted by Gasteiger charge is -2.12. The second kappa shape index (κ2) is 8.80. The fraction of sp³-hybridized carbons (Fsp3) is 0.174. The van der Waals surface area contributed by atoms with E-state index in [1.165, 1.54) is 19.2 Å². The van der Waals surface area contributed by atoms with Gasteiger partial charge in [0.05, 0.1) is 24.4 Å². The van der Waals surface area contributed by atoms with E-state index in [0.29, 0.717) is 10.0 Å². The topological polar surface area (TPSA) is 93.8 Å². The molecule has 0 saturated carbocycles. The first-order valence-corrected chi connectivity index (χ1v) is 10.6. The van der Waals surface area contributed by atoms with Gasteiger partial charge >= 0.3 is 12.0 Å². The molecule has 1 saturated heterocycles. The molecule has 0 atom stereocenters. The molecule has 10 heteroatoms. The number of amides is 3. The molecular formula is C23H19Cl2N3O5. The maximum Gasteiger partial charge on any atom is 0.373 e. The number of aromatic nitrogens is 1. The largest absolute Gasteiger partial charge is 0.463 e. The van der Waals surface area contributed by atoms with Crippen LogP contribution in [0.25, 0.3) is 11.8 Å². The Morgan fingerprint density at radius 1 is 1.15 bits per heavy atom. The zero-order chi connectivity index (χ0) is 23.9. The van der Waals surface area contributed by atoms with Gasteiger partial charge in [0.15, 0.2) is 0 Å². The van der Waals surface area contributed by atoms with Crippen LogP contribution in [0.3, 0.4) is 0 Å². The molecule has 0 unspecified atom stereocenters. The van der Waals surface area contributed by atoms with Crippen molar-refractivity contribution in [3.8, 4) is 5.69 Å². The van der Waals surface area contributed by atoms with Crippen molar-refractivity contribution in [2.24, 2.45) is 0 Å². The molecule has 1 fully saturated rings. The number of nitrogens with one attached hydrogen (secondary N) is 1. The highest BCUT2D eigenvalue weighted by Crippen LogP contribution is 2.30. The third-order valence-corrected chi connectivity index (χ3v) is 5.78. The number of halogens is 2. The van der Waals surface area contributed by atoms with Crippen LogP contribution in [0, 0.1) is 13.8 Å². The van der Waals surface area contributed by atoms with Gasteiger partial charge in [-0.2, -0.15) is 0 Å². The Balaban J connectivity index is 1.60. The summed E-state index contributed by atoms with van der Waals surface area (Å²) in [5, 5.41) is 3.61. The third-order valence-electron chi connectivity index (χ3n) is 5.25. The SMILES string of the molecule is COC(=O)c1ccc(CN2C(=O)N/C(=C\c3cc(C)n(-c4ccc(Cl)cc4Cl)c3C)C2=O)o1. The standard InChI is InChI=1S/C23H19Cl2N3O5/c1-12-8-14(13(2)28(12)19-6-4-15(24)10-17(19)25)9-18-21(29)27(23(31)26-18)11-16-5-7-20(33-16)22(30)32-3/h4-10H,11H2,1-3H3,(H,26,31)/b18-9-. The van der Waals surface area contributed by atoms with Crippen LogP contribution in [0.1, 0.15) is 33.3 Å². The number of methoxy groups -OCH3 is 1. The number of hydrogen-bond donors (Lipinski definition) is 1. The average Bonchev–Trinajstić information content (AvgIpc) is 3.42. The number of aryl methyl sites for hydroxylation is 1. The van der Waals surface area contributed by atoms with Crippen LogP contribution in [0.5, 0.6) is 0 Å². The number of hydrogen-bond acceptors (Lipinski definition) is 5. The first kappa shape index (κ1) is 22.7. The Morgan fingerprint density at radius 3 is 2.61 bits per heavy atom. The van der Waals surface area contributed by atoms with Crippen LogP contribution in [0.2, 0.25) is 10.0 Å². The Kier molecular flexibility index (Phi) is 6.05. The van der Waals surface area contributed by atoms with E-state index in [1.54, 1.807) is 18.2 Å². The van der Waals surface area contributed by atoms with Crippen LogP contribution in [0.15, 0.2) is 46.5 Å². The number of imide groups is 1. The minimum atomic E-state index is -0.643. The molecule has 8 nitrogen and oxygen atoms in total. The smallest absolute Gasteiger partial charge is 0.373 e. The second-order valence-electron chi connectivity index (χ2n) is 7.39. The predicted molar refractivity (Wildman–Crippen MR) is 122 cm³/mol. The maximum absolute atomic E-state index is 12.9. The lowest BCUT2D eigenvalue weighted by atomic mass is 10.2. The second-order valence-corrected chi connectivity index (χ2v) is 8.24. The summed E-state index contributed by atoms with van der Waals surface area (Å²) in [6, 6.07) is 9.47. The van der Waals surface area contributed by atoms with Crippen LogP contribution in [-0.2, 0) is 16.1 Å². The number of benzene rings is 1. The normalized spacial score (nSPS) is 14.8. The number of carbonyl (C=O) groups excluding carboxylic acids is 3. The quantitative estimate of drug-likeness (QED) is 0.314. The molecule has 0 aliphatic carbocycles. The number of esters is 1. The van der Waals surface area contributed by atoms with E-state index < -0.39 is 17.9 Å². The number of ether oxygens (including phenoxy) is 1. The van der Waals surface area contributed by atoms with Crippen LogP contribution < -0.4 is 5.32 Å². The van der Waals surface area contributed by atoms with Crippen molar-refractivity contribution in [1.29, 1.82) is 0 Å². The Hall–Kier alpha value is -3.49. The van der Waals surface area contributed by atoms with Crippen molar-refractivity contribution in [3.63, 3.8) is 0 Å². The van der Waals surface area contributed by atoms with Gasteiger partial charge < -0.3 is 19.0 Å². The summed E-state index contributed by atoms with van der Waals surface area (Å²) in [6.07, 6.45) is 1.62.